The van der Waals surface area contributed by atoms with E-state index in [1.807, 2.05) is 31.2 Å². The zero-order valence-electron chi connectivity index (χ0n) is 15.1. The van der Waals surface area contributed by atoms with Crippen molar-refractivity contribution in [1.29, 1.82) is 0 Å². The molecule has 0 aliphatic rings. The van der Waals surface area contributed by atoms with Gasteiger partial charge in [0, 0.05) is 3.57 Å². The molecule has 0 radical (unpaired) electrons. The summed E-state index contributed by atoms with van der Waals surface area (Å²) in [6.45, 7) is 1.92. The lowest BCUT2D eigenvalue weighted by Gasteiger charge is -2.05. The number of hydrazone groups is 1. The summed E-state index contributed by atoms with van der Waals surface area (Å²) in [6.07, 6.45) is 1.53. The third-order valence-corrected chi connectivity index (χ3v) is 4.78. The largest absolute Gasteiger partial charge is 0.423 e. The molecule has 0 unspecified atom stereocenters. The zero-order chi connectivity index (χ0) is 19.9. The van der Waals surface area contributed by atoms with Crippen LogP contribution in [0.2, 0.25) is 0 Å². The fourth-order valence-corrected chi connectivity index (χ4v) is 3.06. The van der Waals surface area contributed by atoms with Gasteiger partial charge in [-0.25, -0.2) is 10.2 Å². The summed E-state index contributed by atoms with van der Waals surface area (Å²) in [6, 6.07) is 21.4. The molecule has 0 aliphatic heterocycles. The molecule has 0 saturated heterocycles. The highest BCUT2D eigenvalue weighted by molar-refractivity contribution is 14.1. The van der Waals surface area contributed by atoms with Crippen molar-refractivity contribution in [3.8, 4) is 5.75 Å². The van der Waals surface area contributed by atoms with Gasteiger partial charge in [-0.15, -0.1) is 0 Å². The number of hydrogen-bond donors (Lipinski definition) is 1. The van der Waals surface area contributed by atoms with Gasteiger partial charge in [0.25, 0.3) is 5.91 Å². The van der Waals surface area contributed by atoms with Crippen LogP contribution in [0.5, 0.6) is 5.75 Å². The highest BCUT2D eigenvalue weighted by Crippen LogP contribution is 2.14. The predicted molar refractivity (Wildman–Crippen MR) is 117 cm³/mol. The summed E-state index contributed by atoms with van der Waals surface area (Å²) in [5.74, 6) is -0.244. The van der Waals surface area contributed by atoms with Crippen molar-refractivity contribution in [1.82, 2.24) is 5.43 Å². The van der Waals surface area contributed by atoms with E-state index in [1.165, 1.54) is 6.21 Å². The fourth-order valence-electron chi connectivity index (χ4n) is 2.43. The number of halogens is 1. The number of esters is 1. The van der Waals surface area contributed by atoms with E-state index in [4.69, 9.17) is 4.74 Å². The summed E-state index contributed by atoms with van der Waals surface area (Å²) in [5.41, 5.74) is 5.33. The first kappa shape index (κ1) is 19.8. The Bertz CT molecular complexity index is 1030. The van der Waals surface area contributed by atoms with Crippen molar-refractivity contribution < 1.29 is 14.3 Å². The molecule has 6 heteroatoms. The van der Waals surface area contributed by atoms with E-state index in [2.05, 4.69) is 33.1 Å². The smallest absolute Gasteiger partial charge is 0.343 e. The zero-order valence-corrected chi connectivity index (χ0v) is 17.2. The minimum atomic E-state index is -0.408. The van der Waals surface area contributed by atoms with Crippen LogP contribution < -0.4 is 10.2 Å². The lowest BCUT2D eigenvalue weighted by atomic mass is 10.1. The summed E-state index contributed by atoms with van der Waals surface area (Å²) >= 11 is 2.10. The summed E-state index contributed by atoms with van der Waals surface area (Å²) in [7, 11) is 0. The third kappa shape index (κ3) is 5.26. The van der Waals surface area contributed by atoms with Gasteiger partial charge in [0.05, 0.1) is 17.3 Å². The Balaban J connectivity index is 1.58. The third-order valence-electron chi connectivity index (χ3n) is 3.84. The van der Waals surface area contributed by atoms with E-state index in [-0.39, 0.29) is 5.91 Å². The Morgan fingerprint density at radius 1 is 1.00 bits per heavy atom. The first-order chi connectivity index (χ1) is 13.5. The second-order valence-corrected chi connectivity index (χ2v) is 7.17. The molecule has 0 fully saturated rings. The second-order valence-electron chi connectivity index (χ2n) is 6.01. The Hall–Kier alpha value is -3.00. The van der Waals surface area contributed by atoms with Crippen LogP contribution in [0.4, 0.5) is 0 Å². The molecular weight excluding hydrogens is 467 g/mol. The maximum Gasteiger partial charge on any atom is 0.343 e. The molecule has 5 nitrogen and oxygen atoms in total. The molecule has 140 valence electrons. The van der Waals surface area contributed by atoms with Gasteiger partial charge in [-0.3, -0.25) is 4.79 Å². The SMILES string of the molecule is Cc1cccc(C(=O)Oc2ccc(/C=N\NC(=O)c3ccccc3I)cc2)c1. The van der Waals surface area contributed by atoms with Gasteiger partial charge in [-0.05, 0) is 83.6 Å². The second kappa shape index (κ2) is 9.27. The predicted octanol–water partition coefficient (Wildman–Crippen LogP) is 4.58. The summed E-state index contributed by atoms with van der Waals surface area (Å²) in [4.78, 5) is 24.3. The quantitative estimate of drug-likeness (QED) is 0.190. The van der Waals surface area contributed by atoms with Crippen LogP contribution in [0.1, 0.15) is 31.8 Å². The maximum absolute atomic E-state index is 12.2. The van der Waals surface area contributed by atoms with Gasteiger partial charge in [0.2, 0.25) is 0 Å². The van der Waals surface area contributed by atoms with Crippen molar-refractivity contribution in [2.24, 2.45) is 5.10 Å². The Morgan fingerprint density at radius 2 is 1.75 bits per heavy atom. The van der Waals surface area contributed by atoms with E-state index in [9.17, 15) is 9.59 Å². The van der Waals surface area contributed by atoms with Crippen LogP contribution in [-0.4, -0.2) is 18.1 Å². The summed E-state index contributed by atoms with van der Waals surface area (Å²) < 4.78 is 6.22. The lowest BCUT2D eigenvalue weighted by Crippen LogP contribution is -2.18. The number of ether oxygens (including phenoxy) is 1. The monoisotopic (exact) mass is 484 g/mol. The molecule has 28 heavy (non-hydrogen) atoms. The number of benzene rings is 3. The van der Waals surface area contributed by atoms with Crippen molar-refractivity contribution >= 4 is 40.7 Å². The van der Waals surface area contributed by atoms with E-state index in [1.54, 1.807) is 48.5 Å². The minimum absolute atomic E-state index is 0.273. The number of rotatable bonds is 5. The molecule has 0 aromatic heterocycles. The molecule has 3 aromatic carbocycles. The number of nitrogens with zero attached hydrogens (tertiary/aromatic N) is 1. The molecule has 0 spiro atoms. The van der Waals surface area contributed by atoms with Crippen LogP contribution in [0.3, 0.4) is 0 Å². The van der Waals surface area contributed by atoms with Gasteiger partial charge in [-0.1, -0.05) is 29.8 Å². The topological polar surface area (TPSA) is 67.8 Å². The van der Waals surface area contributed by atoms with E-state index in [0.717, 1.165) is 14.7 Å². The molecule has 0 atom stereocenters. The maximum atomic E-state index is 12.2. The fraction of sp³-hybridized carbons (Fsp3) is 0.0455. The van der Waals surface area contributed by atoms with Crippen molar-refractivity contribution in [2.75, 3.05) is 0 Å². The molecule has 0 bridgehead atoms. The normalized spacial score (nSPS) is 10.6. The number of carbonyl (C=O) groups excluding carboxylic acids is 2. The van der Waals surface area contributed by atoms with Gasteiger partial charge in [-0.2, -0.15) is 5.10 Å². The summed E-state index contributed by atoms with van der Waals surface area (Å²) in [5, 5.41) is 3.97. The first-order valence-electron chi connectivity index (χ1n) is 8.50. The average molecular weight is 484 g/mol. The minimum Gasteiger partial charge on any atom is -0.423 e. The van der Waals surface area contributed by atoms with Crippen molar-refractivity contribution in [2.45, 2.75) is 6.92 Å². The Morgan fingerprint density at radius 3 is 2.46 bits per heavy atom. The lowest BCUT2D eigenvalue weighted by molar-refractivity contribution is 0.0734. The highest BCUT2D eigenvalue weighted by atomic mass is 127. The van der Waals surface area contributed by atoms with Crippen LogP contribution >= 0.6 is 22.6 Å². The van der Waals surface area contributed by atoms with Gasteiger partial charge in [0.1, 0.15) is 5.75 Å². The van der Waals surface area contributed by atoms with Crippen LogP contribution in [-0.2, 0) is 0 Å². The molecule has 1 N–H and O–H groups in total. The molecule has 1 amide bonds. The highest BCUT2D eigenvalue weighted by Gasteiger charge is 2.09. The van der Waals surface area contributed by atoms with Crippen LogP contribution in [0.25, 0.3) is 0 Å². The Kier molecular flexibility index (Phi) is 6.54. The Labute approximate surface area is 176 Å². The standard InChI is InChI=1S/C22H17IN2O3/c1-15-5-4-6-17(13-15)22(27)28-18-11-9-16(10-12-18)14-24-25-21(26)19-7-2-3-8-20(19)23/h2-14H,1H3,(H,25,26)/b24-14-. The average Bonchev–Trinajstić information content (AvgIpc) is 2.69. The number of aryl methyl sites for hydroxylation is 1. The molecule has 0 aliphatic carbocycles. The van der Waals surface area contributed by atoms with Crippen LogP contribution in [0, 0.1) is 10.5 Å². The van der Waals surface area contributed by atoms with Crippen molar-refractivity contribution in [3.63, 3.8) is 0 Å². The molecule has 3 rings (SSSR count). The first-order valence-corrected chi connectivity index (χ1v) is 9.57. The van der Waals surface area contributed by atoms with E-state index < -0.39 is 5.97 Å². The van der Waals surface area contributed by atoms with Crippen molar-refractivity contribution in [3.05, 3.63) is 98.6 Å². The van der Waals surface area contributed by atoms with E-state index in [0.29, 0.717) is 16.9 Å². The molecule has 0 heterocycles. The van der Waals surface area contributed by atoms with Gasteiger partial charge in [0.15, 0.2) is 0 Å². The molecule has 0 saturated carbocycles. The van der Waals surface area contributed by atoms with Crippen LogP contribution in [0.15, 0.2) is 77.9 Å². The molecular formula is C22H17IN2O3. The van der Waals surface area contributed by atoms with Gasteiger partial charge >= 0.3 is 5.97 Å². The van der Waals surface area contributed by atoms with E-state index >= 15 is 0 Å². The number of hydrogen-bond acceptors (Lipinski definition) is 4. The molecule has 3 aromatic rings. The van der Waals surface area contributed by atoms with Gasteiger partial charge < -0.3 is 4.74 Å². The number of carbonyl (C=O) groups is 2. The number of nitrogens with one attached hydrogen (secondary N) is 1. The number of amides is 1.